The molecule has 1 saturated heterocycles. The third-order valence-corrected chi connectivity index (χ3v) is 4.38. The van der Waals surface area contributed by atoms with Crippen LogP contribution in [0.25, 0.3) is 0 Å². The Morgan fingerprint density at radius 1 is 1.22 bits per heavy atom. The third-order valence-electron chi connectivity index (χ3n) is 4.14. The second-order valence-electron chi connectivity index (χ2n) is 5.90. The van der Waals surface area contributed by atoms with E-state index in [1.807, 2.05) is 36.1 Å². The van der Waals surface area contributed by atoms with Crippen LogP contribution in [0.2, 0.25) is 5.02 Å². The Balaban J connectivity index is 1.58. The molecular formula is C17H20ClN3O2. The summed E-state index contributed by atoms with van der Waals surface area (Å²) in [5, 5.41) is 4.64. The number of anilines is 1. The van der Waals surface area contributed by atoms with Crippen LogP contribution < -0.4 is 4.90 Å². The van der Waals surface area contributed by atoms with Gasteiger partial charge >= 0.3 is 0 Å². The van der Waals surface area contributed by atoms with Crippen LogP contribution in [-0.2, 0) is 11.2 Å². The first-order valence-electron chi connectivity index (χ1n) is 7.74. The van der Waals surface area contributed by atoms with E-state index in [1.54, 1.807) is 0 Å². The highest BCUT2D eigenvalue weighted by Crippen LogP contribution is 2.24. The van der Waals surface area contributed by atoms with E-state index >= 15 is 0 Å². The zero-order chi connectivity index (χ0) is 16.4. The maximum absolute atomic E-state index is 12.3. The first kappa shape index (κ1) is 15.9. The van der Waals surface area contributed by atoms with Crippen molar-refractivity contribution in [2.75, 3.05) is 31.1 Å². The Morgan fingerprint density at radius 3 is 2.57 bits per heavy atom. The van der Waals surface area contributed by atoms with Crippen molar-refractivity contribution in [3.05, 3.63) is 46.3 Å². The van der Waals surface area contributed by atoms with Gasteiger partial charge in [0.1, 0.15) is 5.76 Å². The molecule has 0 aliphatic carbocycles. The van der Waals surface area contributed by atoms with Crippen molar-refractivity contribution in [2.24, 2.45) is 0 Å². The van der Waals surface area contributed by atoms with Gasteiger partial charge in [-0.25, -0.2) is 0 Å². The molecular weight excluding hydrogens is 314 g/mol. The monoisotopic (exact) mass is 333 g/mol. The lowest BCUT2D eigenvalue weighted by Crippen LogP contribution is -2.49. The number of benzene rings is 1. The van der Waals surface area contributed by atoms with Crippen molar-refractivity contribution in [1.29, 1.82) is 0 Å². The van der Waals surface area contributed by atoms with Gasteiger partial charge in [0.05, 0.1) is 12.1 Å². The van der Waals surface area contributed by atoms with Crippen molar-refractivity contribution < 1.29 is 9.32 Å². The van der Waals surface area contributed by atoms with Crippen molar-refractivity contribution in [3.8, 4) is 0 Å². The fraction of sp³-hybridized carbons (Fsp3) is 0.412. The lowest BCUT2D eigenvalue weighted by molar-refractivity contribution is -0.130. The molecule has 1 fully saturated rings. The Kier molecular flexibility index (Phi) is 4.57. The summed E-state index contributed by atoms with van der Waals surface area (Å²) >= 11 is 6.01. The number of amides is 1. The number of piperazine rings is 1. The molecule has 5 nitrogen and oxygen atoms in total. The van der Waals surface area contributed by atoms with Crippen molar-refractivity contribution in [3.63, 3.8) is 0 Å². The second kappa shape index (κ2) is 6.62. The summed E-state index contributed by atoms with van der Waals surface area (Å²) in [5.74, 6) is 0.835. The van der Waals surface area contributed by atoms with Gasteiger partial charge in [0.15, 0.2) is 0 Å². The van der Waals surface area contributed by atoms with Crippen LogP contribution in [0, 0.1) is 13.8 Å². The quantitative estimate of drug-likeness (QED) is 0.866. The third kappa shape index (κ3) is 3.67. The number of nitrogens with zero attached hydrogens (tertiary/aromatic N) is 3. The standard InChI is InChI=1S/C17H20ClN3O2/c1-12-9-14(18)3-4-16(12)20-5-7-21(8-6-20)17(22)11-15-10-13(2)23-19-15/h3-4,9-10H,5-8,11H2,1-2H3. The fourth-order valence-electron chi connectivity index (χ4n) is 2.94. The van der Waals surface area contributed by atoms with E-state index in [9.17, 15) is 4.79 Å². The van der Waals surface area contributed by atoms with Gasteiger partial charge in [0.2, 0.25) is 5.91 Å². The predicted molar refractivity (Wildman–Crippen MR) is 89.9 cm³/mol. The minimum atomic E-state index is 0.103. The topological polar surface area (TPSA) is 49.6 Å². The Morgan fingerprint density at radius 2 is 1.96 bits per heavy atom. The maximum Gasteiger partial charge on any atom is 0.228 e. The zero-order valence-corrected chi connectivity index (χ0v) is 14.1. The SMILES string of the molecule is Cc1cc(CC(=O)N2CCN(c3ccc(Cl)cc3C)CC2)no1. The summed E-state index contributed by atoms with van der Waals surface area (Å²) in [7, 11) is 0. The molecule has 1 amide bonds. The number of hydrogen-bond acceptors (Lipinski definition) is 4. The van der Waals surface area contributed by atoms with E-state index in [0.29, 0.717) is 12.1 Å². The maximum atomic E-state index is 12.3. The summed E-state index contributed by atoms with van der Waals surface area (Å²) in [5.41, 5.74) is 3.05. The Bertz CT molecular complexity index is 706. The molecule has 0 spiro atoms. The summed E-state index contributed by atoms with van der Waals surface area (Å²) in [6.45, 7) is 6.98. The number of carbonyl (C=O) groups is 1. The molecule has 0 radical (unpaired) electrons. The first-order valence-corrected chi connectivity index (χ1v) is 8.12. The summed E-state index contributed by atoms with van der Waals surface area (Å²) in [4.78, 5) is 16.5. The molecule has 2 heterocycles. The molecule has 1 aromatic carbocycles. The number of aromatic nitrogens is 1. The van der Waals surface area contributed by atoms with Crippen LogP contribution in [0.15, 0.2) is 28.8 Å². The predicted octanol–water partition coefficient (Wildman–Crippen LogP) is 2.84. The minimum absolute atomic E-state index is 0.103. The van der Waals surface area contributed by atoms with Crippen LogP contribution in [0.4, 0.5) is 5.69 Å². The number of carbonyl (C=O) groups excluding carboxylic acids is 1. The fourth-order valence-corrected chi connectivity index (χ4v) is 3.17. The molecule has 0 bridgehead atoms. The first-order chi connectivity index (χ1) is 11.0. The number of hydrogen-bond donors (Lipinski definition) is 0. The lowest BCUT2D eigenvalue weighted by atomic mass is 10.1. The Hall–Kier alpha value is -2.01. The molecule has 6 heteroatoms. The largest absolute Gasteiger partial charge is 0.368 e. The number of halogens is 1. The van der Waals surface area contributed by atoms with E-state index in [4.69, 9.17) is 16.1 Å². The van der Waals surface area contributed by atoms with Crippen LogP contribution in [0.3, 0.4) is 0 Å². The van der Waals surface area contributed by atoms with E-state index in [2.05, 4.69) is 17.0 Å². The van der Waals surface area contributed by atoms with Crippen molar-refractivity contribution >= 4 is 23.2 Å². The normalized spacial score (nSPS) is 15.1. The van der Waals surface area contributed by atoms with Gasteiger partial charge in [0, 0.05) is 43.0 Å². The summed E-state index contributed by atoms with van der Waals surface area (Å²) in [6.07, 6.45) is 0.303. The summed E-state index contributed by atoms with van der Waals surface area (Å²) in [6, 6.07) is 7.74. The highest BCUT2D eigenvalue weighted by Gasteiger charge is 2.22. The van der Waals surface area contributed by atoms with E-state index in [1.165, 1.54) is 5.69 Å². The van der Waals surface area contributed by atoms with Gasteiger partial charge < -0.3 is 14.3 Å². The summed E-state index contributed by atoms with van der Waals surface area (Å²) < 4.78 is 5.01. The molecule has 0 saturated carbocycles. The molecule has 0 atom stereocenters. The minimum Gasteiger partial charge on any atom is -0.368 e. The molecule has 1 aromatic heterocycles. The number of aryl methyl sites for hydroxylation is 2. The van der Waals surface area contributed by atoms with Gasteiger partial charge in [-0.3, -0.25) is 4.79 Å². The molecule has 0 unspecified atom stereocenters. The van der Waals surface area contributed by atoms with Crippen molar-refractivity contribution in [1.82, 2.24) is 10.1 Å². The molecule has 0 N–H and O–H groups in total. The van der Waals surface area contributed by atoms with Gasteiger partial charge in [-0.05, 0) is 37.6 Å². The average molecular weight is 334 g/mol. The van der Waals surface area contributed by atoms with Crippen LogP contribution in [0.1, 0.15) is 17.0 Å². The Labute approximate surface area is 140 Å². The highest BCUT2D eigenvalue weighted by atomic mass is 35.5. The van der Waals surface area contributed by atoms with Gasteiger partial charge in [0.25, 0.3) is 0 Å². The van der Waals surface area contributed by atoms with Gasteiger partial charge in [-0.15, -0.1) is 0 Å². The van der Waals surface area contributed by atoms with Crippen LogP contribution in [0.5, 0.6) is 0 Å². The smallest absolute Gasteiger partial charge is 0.228 e. The molecule has 2 aromatic rings. The van der Waals surface area contributed by atoms with Crippen LogP contribution >= 0.6 is 11.6 Å². The molecule has 1 aliphatic rings. The molecule has 23 heavy (non-hydrogen) atoms. The van der Waals surface area contributed by atoms with E-state index in [-0.39, 0.29) is 5.91 Å². The molecule has 3 rings (SSSR count). The van der Waals surface area contributed by atoms with Crippen molar-refractivity contribution in [2.45, 2.75) is 20.3 Å². The average Bonchev–Trinajstić information content (AvgIpc) is 2.92. The van der Waals surface area contributed by atoms with Crippen LogP contribution in [-0.4, -0.2) is 42.1 Å². The second-order valence-corrected chi connectivity index (χ2v) is 6.34. The zero-order valence-electron chi connectivity index (χ0n) is 13.4. The molecule has 122 valence electrons. The highest BCUT2D eigenvalue weighted by molar-refractivity contribution is 6.30. The number of rotatable bonds is 3. The molecule has 1 aliphatic heterocycles. The van der Waals surface area contributed by atoms with Gasteiger partial charge in [-0.2, -0.15) is 0 Å². The van der Waals surface area contributed by atoms with E-state index < -0.39 is 0 Å². The lowest BCUT2D eigenvalue weighted by Gasteiger charge is -2.36. The van der Waals surface area contributed by atoms with Gasteiger partial charge in [-0.1, -0.05) is 16.8 Å². The van der Waals surface area contributed by atoms with E-state index in [0.717, 1.165) is 42.5 Å².